The van der Waals surface area contributed by atoms with Crippen LogP contribution in [0.1, 0.15) is 107 Å². The SMILES string of the molecule is C=C(C)/C(C)=C1/C(=C(C)C)/C1=C(C)\C=C(C)/C(C)=C/C.C=C/C(=C\C=C/C)n1c(-c2ccccc2)cc2cc(-c3ccc(/C=C(\C)C4=CCCC=C4)c(C)c3)ccc21.CC.SI. The Hall–Kier alpha value is -4.84. The summed E-state index contributed by atoms with van der Waals surface area (Å²) < 4.78 is 2.30. The van der Waals surface area contributed by atoms with Gasteiger partial charge in [-0.1, -0.05) is 147 Å². The summed E-state index contributed by atoms with van der Waals surface area (Å²) in [6.45, 7) is 35.9. The molecule has 0 aliphatic heterocycles. The molecule has 0 N–H and O–H groups in total. The maximum atomic E-state index is 4.11. The average Bonchev–Trinajstić information content (AvgIpc) is 3.95. The molecule has 62 heavy (non-hydrogen) atoms. The van der Waals surface area contributed by atoms with Crippen molar-refractivity contribution in [2.75, 3.05) is 0 Å². The van der Waals surface area contributed by atoms with Gasteiger partial charge in [-0.2, -0.15) is 0 Å². The number of allylic oxidation sites excluding steroid dienone is 21. The van der Waals surface area contributed by atoms with Crippen LogP contribution in [0.3, 0.4) is 0 Å². The lowest BCUT2D eigenvalue weighted by Gasteiger charge is -2.12. The van der Waals surface area contributed by atoms with Crippen molar-refractivity contribution in [3.8, 4) is 22.4 Å². The molecule has 3 heteroatoms. The van der Waals surface area contributed by atoms with Crippen LogP contribution in [0.5, 0.6) is 0 Å². The number of thiol groups is 1. The number of rotatable bonds is 10. The standard InChI is InChI=1S/C37H35N.C20H28.C2H6.HIS/c1-5-7-18-35(6-2)38-36-22-21-33(25-34(36)26-37(38)30-16-12-9-13-17-30)32-20-19-31(28(4)24-32)23-27(3)29-14-10-8-11-15-29;1-10-14(6)15(7)11-16(8)19-18(13(4)5)20(19)17(9)12(2)3;2*1-2/h5-7,9-10,12-26H,2,8,11H2,1,3-4H3;10-11H,2H2,1,3-9H3;1-2H3;2H/b7-5-,27-23+,35-18+;14-10+,15-11-,19-16+,20-17-;;. The molecule has 324 valence electrons. The summed E-state index contributed by atoms with van der Waals surface area (Å²) in [6, 6.07) is 26.4. The van der Waals surface area contributed by atoms with Crippen LogP contribution in [0.15, 0.2) is 202 Å². The lowest BCUT2D eigenvalue weighted by atomic mass is 9.95. The number of benzene rings is 3. The monoisotopic (exact) mass is 951 g/mol. The molecule has 1 saturated carbocycles. The van der Waals surface area contributed by atoms with Crippen LogP contribution >= 0.6 is 31.0 Å². The number of hydrogen-bond acceptors (Lipinski definition) is 1. The number of aryl methyl sites for hydroxylation is 1. The van der Waals surface area contributed by atoms with Gasteiger partial charge in [-0.3, -0.25) is 0 Å². The van der Waals surface area contributed by atoms with E-state index in [1.165, 1.54) is 94.5 Å². The molecule has 1 fully saturated rings. The van der Waals surface area contributed by atoms with E-state index >= 15 is 0 Å². The Kier molecular flexibility index (Phi) is 21.0. The molecule has 6 rings (SSSR count). The van der Waals surface area contributed by atoms with Gasteiger partial charge >= 0.3 is 0 Å². The van der Waals surface area contributed by atoms with Crippen LogP contribution in [0, 0.1) is 6.92 Å². The molecule has 1 nitrogen and oxygen atoms in total. The van der Waals surface area contributed by atoms with E-state index in [-0.39, 0.29) is 0 Å². The van der Waals surface area contributed by atoms with E-state index in [1.807, 2.05) is 54.1 Å². The van der Waals surface area contributed by atoms with E-state index in [1.54, 1.807) is 0 Å². The third kappa shape index (κ3) is 13.1. The predicted octanol–water partition coefficient (Wildman–Crippen LogP) is 19.3. The molecule has 4 aromatic rings. The van der Waals surface area contributed by atoms with Gasteiger partial charge in [0.05, 0.1) is 11.2 Å². The fourth-order valence-corrected chi connectivity index (χ4v) is 7.57. The molecule has 0 atom stereocenters. The van der Waals surface area contributed by atoms with Gasteiger partial charge in [0.25, 0.3) is 0 Å². The Morgan fingerprint density at radius 3 is 1.98 bits per heavy atom. The average molecular weight is 952 g/mol. The van der Waals surface area contributed by atoms with E-state index in [9.17, 15) is 0 Å². The van der Waals surface area contributed by atoms with Gasteiger partial charge < -0.3 is 4.57 Å². The molecule has 2 aliphatic carbocycles. The number of halogens is 1. The number of hydrogen-bond donors (Lipinski definition) is 1. The van der Waals surface area contributed by atoms with E-state index < -0.39 is 0 Å². The Labute approximate surface area is 393 Å². The molecule has 0 spiro atoms. The summed E-state index contributed by atoms with van der Waals surface area (Å²) >= 11 is 1.84. The molecule has 2 aliphatic rings. The molecule has 0 unspecified atom stereocenters. The van der Waals surface area contributed by atoms with E-state index in [2.05, 4.69) is 218 Å². The second-order valence-electron chi connectivity index (χ2n) is 15.9. The number of aromatic nitrogens is 1. The smallest absolute Gasteiger partial charge is 0.0540 e. The van der Waals surface area contributed by atoms with E-state index in [0.29, 0.717) is 0 Å². The zero-order valence-electron chi connectivity index (χ0n) is 39.8. The maximum absolute atomic E-state index is 4.11. The lowest BCUT2D eigenvalue weighted by Crippen LogP contribution is -1.97. The van der Waals surface area contributed by atoms with Gasteiger partial charge in [-0.15, -0.1) is 9.80 Å². The molecule has 1 aromatic heterocycles. The van der Waals surface area contributed by atoms with Crippen molar-refractivity contribution in [1.29, 1.82) is 0 Å². The second kappa shape index (κ2) is 25.3. The van der Waals surface area contributed by atoms with Gasteiger partial charge in [-0.25, -0.2) is 0 Å². The Morgan fingerprint density at radius 1 is 0.758 bits per heavy atom. The fraction of sp³-hybridized carbons (Fsp3) is 0.254. The molecular formula is C59H70INS. The van der Waals surface area contributed by atoms with Gasteiger partial charge in [0.2, 0.25) is 0 Å². The van der Waals surface area contributed by atoms with Crippen molar-refractivity contribution in [3.05, 3.63) is 213 Å². The summed E-state index contributed by atoms with van der Waals surface area (Å²) in [4.78, 5) is 0. The molecule has 0 radical (unpaired) electrons. The Balaban J connectivity index is 0.000000362. The molecule has 1 heterocycles. The van der Waals surface area contributed by atoms with Crippen molar-refractivity contribution in [3.63, 3.8) is 0 Å². The quantitative estimate of drug-likeness (QED) is 0.0918. The van der Waals surface area contributed by atoms with Crippen LogP contribution in [-0.4, -0.2) is 4.57 Å². The highest BCUT2D eigenvalue weighted by Crippen LogP contribution is 2.52. The molecule has 3 aromatic carbocycles. The zero-order chi connectivity index (χ0) is 46.1. The predicted molar refractivity (Wildman–Crippen MR) is 293 cm³/mol. The third-order valence-electron chi connectivity index (χ3n) is 11.3. The second-order valence-corrected chi connectivity index (χ2v) is 15.9. The van der Waals surface area contributed by atoms with Crippen LogP contribution in [0.25, 0.3) is 45.1 Å². The largest absolute Gasteiger partial charge is 0.309 e. The van der Waals surface area contributed by atoms with Crippen molar-refractivity contribution >= 4 is 53.7 Å². The van der Waals surface area contributed by atoms with Gasteiger partial charge in [0.1, 0.15) is 0 Å². The fourth-order valence-electron chi connectivity index (χ4n) is 7.57. The summed E-state index contributed by atoms with van der Waals surface area (Å²) in [5.41, 5.74) is 24.4. The van der Waals surface area contributed by atoms with Gasteiger partial charge in [0, 0.05) is 11.1 Å². The minimum atomic E-state index is 1.05. The minimum Gasteiger partial charge on any atom is -0.309 e. The zero-order valence-corrected chi connectivity index (χ0v) is 42.9. The van der Waals surface area contributed by atoms with Crippen LogP contribution in [0.2, 0.25) is 0 Å². The topological polar surface area (TPSA) is 4.93 Å². The van der Waals surface area contributed by atoms with Crippen molar-refractivity contribution in [2.24, 2.45) is 0 Å². The van der Waals surface area contributed by atoms with Crippen LogP contribution in [-0.2, 0) is 0 Å². The van der Waals surface area contributed by atoms with E-state index in [4.69, 9.17) is 0 Å². The molecule has 0 bridgehead atoms. The first-order chi connectivity index (χ1) is 29.8. The molecule has 0 amide bonds. The highest BCUT2D eigenvalue weighted by Gasteiger charge is 2.34. The normalized spacial score (nSPS) is 15.7. The van der Waals surface area contributed by atoms with Crippen molar-refractivity contribution in [1.82, 2.24) is 4.57 Å². The number of nitrogens with zero attached hydrogens (tertiary/aromatic N) is 1. The summed E-state index contributed by atoms with van der Waals surface area (Å²) in [6.07, 6.45) is 24.0. The van der Waals surface area contributed by atoms with Crippen molar-refractivity contribution in [2.45, 2.75) is 103 Å². The highest BCUT2D eigenvalue weighted by atomic mass is 127. The Morgan fingerprint density at radius 2 is 1.42 bits per heavy atom. The van der Waals surface area contributed by atoms with Gasteiger partial charge in [-0.05, 0) is 213 Å². The minimum absolute atomic E-state index is 1.05. The summed E-state index contributed by atoms with van der Waals surface area (Å²) in [7, 11) is 3.50. The van der Waals surface area contributed by atoms with E-state index in [0.717, 1.165) is 29.8 Å². The highest BCUT2D eigenvalue weighted by molar-refractivity contribution is 14.2. The first-order valence-corrected chi connectivity index (χ1v) is 25.1. The third-order valence-corrected chi connectivity index (χ3v) is 11.3. The summed E-state index contributed by atoms with van der Waals surface area (Å²) in [5, 5.41) is 1.21. The maximum Gasteiger partial charge on any atom is 0.0540 e. The summed E-state index contributed by atoms with van der Waals surface area (Å²) in [5.74, 6) is 0. The van der Waals surface area contributed by atoms with Crippen LogP contribution < -0.4 is 0 Å². The molecular weight excluding hydrogens is 882 g/mol. The number of fused-ring (bicyclic) bond motifs is 1. The first kappa shape index (κ1) is 51.5. The lowest BCUT2D eigenvalue weighted by molar-refractivity contribution is 1.02. The Bertz CT molecular complexity index is 2560. The molecule has 0 saturated heterocycles. The van der Waals surface area contributed by atoms with Crippen LogP contribution in [0.4, 0.5) is 0 Å². The first-order valence-electron chi connectivity index (χ1n) is 21.9. The van der Waals surface area contributed by atoms with Gasteiger partial charge in [0.15, 0.2) is 0 Å². The van der Waals surface area contributed by atoms with Crippen molar-refractivity contribution < 1.29 is 0 Å².